The van der Waals surface area contributed by atoms with Crippen molar-refractivity contribution >= 4 is 41.0 Å². The van der Waals surface area contributed by atoms with E-state index in [-0.39, 0.29) is 53.1 Å². The van der Waals surface area contributed by atoms with E-state index in [2.05, 4.69) is 66.8 Å². The van der Waals surface area contributed by atoms with Gasteiger partial charge in [0, 0.05) is 38.2 Å². The molecule has 1 saturated heterocycles. The molecule has 2 fully saturated rings. The predicted octanol–water partition coefficient (Wildman–Crippen LogP) is 7.91. The van der Waals surface area contributed by atoms with Crippen LogP contribution < -0.4 is 5.32 Å². The number of hydrogen-bond acceptors (Lipinski definition) is 10. The molecule has 0 unspecified atom stereocenters. The molecule has 272 valence electrons. The number of fused-ring (bicyclic) bond motifs is 4. The van der Waals surface area contributed by atoms with Crippen molar-refractivity contribution in [3.05, 3.63) is 11.8 Å². The van der Waals surface area contributed by atoms with Gasteiger partial charge in [0.25, 0.3) is 0 Å². The minimum atomic E-state index is -0.727. The molecule has 0 amide bonds. The summed E-state index contributed by atoms with van der Waals surface area (Å²) in [5.41, 5.74) is -1.01. The molecule has 4 aliphatic rings. The molecule has 1 aliphatic carbocycles. The molecule has 10 heteroatoms. The Hall–Kier alpha value is -3.17. The number of carbonyl (C=O) groups excluding carboxylic acids is 2. The van der Waals surface area contributed by atoms with Crippen molar-refractivity contribution in [1.29, 1.82) is 0 Å². The first-order valence-corrected chi connectivity index (χ1v) is 18.3. The lowest BCUT2D eigenvalue weighted by Gasteiger charge is -2.36. The van der Waals surface area contributed by atoms with Crippen molar-refractivity contribution in [2.24, 2.45) is 57.5 Å². The summed E-state index contributed by atoms with van der Waals surface area (Å²) in [6, 6.07) is -0.378. The average molecular weight is 679 g/mol. The Morgan fingerprint density at radius 1 is 0.714 bits per heavy atom. The molecule has 49 heavy (non-hydrogen) atoms. The van der Waals surface area contributed by atoms with Crippen LogP contribution in [0, 0.1) is 32.5 Å². The first-order valence-electron chi connectivity index (χ1n) is 18.3. The maximum atomic E-state index is 12.9. The van der Waals surface area contributed by atoms with E-state index in [4.69, 9.17) is 34.4 Å². The largest absolute Gasteiger partial charge is 0.466 e. The molecule has 1 saturated carbocycles. The molecule has 4 rings (SSSR count). The van der Waals surface area contributed by atoms with Gasteiger partial charge in [0.1, 0.15) is 23.3 Å². The second-order valence-corrected chi connectivity index (χ2v) is 17.6. The number of carbonyl (C=O) groups is 2. The number of hydrogen-bond donors (Lipinski definition) is 1. The third kappa shape index (κ3) is 7.34. The quantitative estimate of drug-likeness (QED) is 0.261. The van der Waals surface area contributed by atoms with Crippen LogP contribution in [0.25, 0.3) is 0 Å². The SMILES string of the molecule is CCOC(=O)CC(C)(C)C1=N[C@@H]2CCCC[C@H]2N=C(C(C)(C)CC(=O)OCC)N=C2N/C(=C\C3=NC(=N1)C(C)(C)C3(C)C)C(C)(C)C2(C)C. The van der Waals surface area contributed by atoms with E-state index >= 15 is 0 Å². The summed E-state index contributed by atoms with van der Waals surface area (Å²) in [6.07, 6.45) is 6.14. The van der Waals surface area contributed by atoms with E-state index in [1.54, 1.807) is 0 Å². The Kier molecular flexibility index (Phi) is 10.7. The summed E-state index contributed by atoms with van der Waals surface area (Å²) < 4.78 is 10.8. The van der Waals surface area contributed by atoms with Gasteiger partial charge in [-0.1, -0.05) is 95.9 Å². The van der Waals surface area contributed by atoms with Gasteiger partial charge >= 0.3 is 11.9 Å². The number of nitrogens with one attached hydrogen (secondary N) is 1. The standard InChI is InChI=1S/C39H62N6O4/c1-15-48-28(46)22-34(3,4)30-40-24-19-17-18-20-25(24)41-31(35(5,6)23-29(47)49-16-2)45-33-39(13,14)37(9,10)27(43-33)21-26-36(7,8)38(11,12)32(42-26)44-30/h21,24-25H,15-20,22-23H2,1-14H3,(H,40,42,44)/b26-21-,41-31?,45-33?/t24-,25-/m1/s1. The van der Waals surface area contributed by atoms with Crippen LogP contribution in [0.2, 0.25) is 0 Å². The molecular formula is C39H62N6O4. The molecule has 1 N–H and O–H groups in total. The molecule has 3 heterocycles. The van der Waals surface area contributed by atoms with Gasteiger partial charge in [0.15, 0.2) is 0 Å². The topological polar surface area (TPSA) is 126 Å². The summed E-state index contributed by atoms with van der Waals surface area (Å²) in [4.78, 5) is 52.6. The number of nitrogens with zero attached hydrogens (tertiary/aromatic N) is 5. The van der Waals surface area contributed by atoms with Gasteiger partial charge in [-0.15, -0.1) is 0 Å². The average Bonchev–Trinajstić information content (AvgIpc) is 3.24. The van der Waals surface area contributed by atoms with E-state index in [1.165, 1.54) is 0 Å². The normalized spacial score (nSPS) is 26.9. The van der Waals surface area contributed by atoms with Gasteiger partial charge in [-0.05, 0) is 32.8 Å². The highest BCUT2D eigenvalue weighted by atomic mass is 16.5. The van der Waals surface area contributed by atoms with Crippen LogP contribution in [0.4, 0.5) is 0 Å². The minimum absolute atomic E-state index is 0.139. The molecule has 0 aromatic carbocycles. The van der Waals surface area contributed by atoms with E-state index in [0.29, 0.717) is 30.7 Å². The molecule has 3 aliphatic heterocycles. The van der Waals surface area contributed by atoms with Crippen molar-refractivity contribution in [3.8, 4) is 0 Å². The molecular weight excluding hydrogens is 616 g/mol. The molecule has 0 aromatic heterocycles. The monoisotopic (exact) mass is 678 g/mol. The van der Waals surface area contributed by atoms with Gasteiger partial charge in [0.2, 0.25) is 0 Å². The zero-order valence-electron chi connectivity index (χ0n) is 32.8. The highest BCUT2D eigenvalue weighted by Crippen LogP contribution is 2.52. The lowest BCUT2D eigenvalue weighted by Crippen LogP contribution is -2.39. The fraction of sp³-hybridized carbons (Fsp3) is 0.769. The third-order valence-electron chi connectivity index (χ3n) is 12.0. The fourth-order valence-electron chi connectivity index (χ4n) is 6.89. The van der Waals surface area contributed by atoms with Crippen molar-refractivity contribution in [2.75, 3.05) is 13.2 Å². The van der Waals surface area contributed by atoms with Crippen LogP contribution >= 0.6 is 0 Å². The number of amidine groups is 4. The Labute approximate surface area is 294 Å². The second kappa shape index (κ2) is 13.5. The molecule has 0 radical (unpaired) electrons. The van der Waals surface area contributed by atoms with Crippen LogP contribution in [0.5, 0.6) is 0 Å². The number of esters is 2. The Bertz CT molecular complexity index is 1520. The molecule has 2 atom stereocenters. The number of rotatable bonds is 8. The second-order valence-electron chi connectivity index (χ2n) is 17.6. The summed E-state index contributed by atoms with van der Waals surface area (Å²) in [6.45, 7) is 30.0. The zero-order chi connectivity index (χ0) is 36.8. The number of aliphatic imine (C=N–C) groups is 5. The minimum Gasteiger partial charge on any atom is -0.466 e. The molecule has 10 nitrogen and oxygen atoms in total. The van der Waals surface area contributed by atoms with Gasteiger partial charge in [0.05, 0.1) is 43.9 Å². The predicted molar refractivity (Wildman–Crippen MR) is 200 cm³/mol. The first kappa shape index (κ1) is 38.6. The lowest BCUT2D eigenvalue weighted by atomic mass is 9.65. The molecule has 0 aromatic rings. The lowest BCUT2D eigenvalue weighted by molar-refractivity contribution is -0.145. The molecule has 0 spiro atoms. The smallest absolute Gasteiger partial charge is 0.306 e. The third-order valence-corrected chi connectivity index (χ3v) is 12.0. The van der Waals surface area contributed by atoms with E-state index < -0.39 is 16.2 Å². The van der Waals surface area contributed by atoms with Crippen molar-refractivity contribution < 1.29 is 19.1 Å². The summed E-state index contributed by atoms with van der Waals surface area (Å²) in [5.74, 6) is 2.14. The summed E-state index contributed by atoms with van der Waals surface area (Å²) in [5, 5.41) is 3.72. The number of ether oxygens (including phenoxy) is 2. The molecule has 4 bridgehead atoms. The van der Waals surface area contributed by atoms with Gasteiger partial charge in [-0.3, -0.25) is 19.6 Å². The van der Waals surface area contributed by atoms with E-state index in [0.717, 1.165) is 42.9 Å². The van der Waals surface area contributed by atoms with Crippen molar-refractivity contribution in [2.45, 2.75) is 148 Å². The van der Waals surface area contributed by atoms with Crippen molar-refractivity contribution in [1.82, 2.24) is 5.32 Å². The first-order chi connectivity index (χ1) is 22.5. The van der Waals surface area contributed by atoms with Gasteiger partial charge in [-0.2, -0.15) is 0 Å². The maximum Gasteiger partial charge on any atom is 0.306 e. The van der Waals surface area contributed by atoms with Crippen LogP contribution in [0.15, 0.2) is 36.7 Å². The van der Waals surface area contributed by atoms with Crippen LogP contribution in [0.1, 0.15) is 135 Å². The number of allylic oxidation sites excluding steroid dienone is 2. The Balaban J connectivity index is 2.06. The van der Waals surface area contributed by atoms with Crippen molar-refractivity contribution in [3.63, 3.8) is 0 Å². The highest BCUT2D eigenvalue weighted by Gasteiger charge is 2.54. The maximum absolute atomic E-state index is 12.9. The zero-order valence-corrected chi connectivity index (χ0v) is 32.8. The summed E-state index contributed by atoms with van der Waals surface area (Å²) in [7, 11) is 0. The fourth-order valence-corrected chi connectivity index (χ4v) is 6.89. The Morgan fingerprint density at radius 3 is 1.65 bits per heavy atom. The van der Waals surface area contributed by atoms with E-state index in [9.17, 15) is 9.59 Å². The van der Waals surface area contributed by atoms with Gasteiger partial charge in [-0.25, -0.2) is 15.0 Å². The van der Waals surface area contributed by atoms with Gasteiger partial charge < -0.3 is 14.8 Å². The van der Waals surface area contributed by atoms with Crippen LogP contribution in [-0.2, 0) is 19.1 Å². The van der Waals surface area contributed by atoms with Crippen LogP contribution in [0.3, 0.4) is 0 Å². The highest BCUT2D eigenvalue weighted by molar-refractivity contribution is 6.19. The van der Waals surface area contributed by atoms with E-state index in [1.807, 2.05) is 41.5 Å². The van der Waals surface area contributed by atoms with Crippen LogP contribution in [-0.4, -0.2) is 66.3 Å². The summed E-state index contributed by atoms with van der Waals surface area (Å²) >= 11 is 0. The Morgan fingerprint density at radius 2 is 1.18 bits per heavy atom.